The molecule has 4 unspecified atom stereocenters. The van der Waals surface area contributed by atoms with Crippen LogP contribution in [0.3, 0.4) is 0 Å². The lowest BCUT2D eigenvalue weighted by atomic mass is 9.90. The number of fused-ring (bicyclic) bond motifs is 5. The molecule has 41 heavy (non-hydrogen) atoms. The lowest BCUT2D eigenvalue weighted by Gasteiger charge is -2.21. The van der Waals surface area contributed by atoms with Gasteiger partial charge in [0.15, 0.2) is 0 Å². The van der Waals surface area contributed by atoms with Gasteiger partial charge in [0, 0.05) is 24.0 Å². The number of benzene rings is 3. The summed E-state index contributed by atoms with van der Waals surface area (Å²) >= 11 is 0. The molecule has 2 bridgehead atoms. The maximum atomic E-state index is 13.0. The second kappa shape index (κ2) is 11.2. The molecule has 2 aliphatic heterocycles. The minimum atomic E-state index is -0.426. The molecule has 4 atom stereocenters. The molecular formula is C33H32O8. The van der Waals surface area contributed by atoms with Gasteiger partial charge in [-0.3, -0.25) is 0 Å². The Morgan fingerprint density at radius 2 is 1.05 bits per heavy atom. The largest absolute Gasteiger partial charge is 0.493 e. The molecule has 0 spiro atoms. The van der Waals surface area contributed by atoms with Crippen molar-refractivity contribution in [3.63, 3.8) is 0 Å². The quantitative estimate of drug-likeness (QED) is 0.156. The number of rotatable bonds is 12. The summed E-state index contributed by atoms with van der Waals surface area (Å²) in [5, 5.41) is 0. The smallest absolute Gasteiger partial charge is 0.343 e. The normalized spacial score (nSPS) is 23.0. The van der Waals surface area contributed by atoms with Gasteiger partial charge in [-0.2, -0.15) is 0 Å². The van der Waals surface area contributed by atoms with E-state index in [1.165, 1.54) is 0 Å². The third-order valence-electron chi connectivity index (χ3n) is 8.26. The van der Waals surface area contributed by atoms with Crippen molar-refractivity contribution in [2.75, 3.05) is 26.4 Å². The second-order valence-corrected chi connectivity index (χ2v) is 11.1. The van der Waals surface area contributed by atoms with Crippen molar-refractivity contribution >= 4 is 11.9 Å². The van der Waals surface area contributed by atoms with Crippen molar-refractivity contribution in [2.24, 2.45) is 0 Å². The number of esters is 2. The molecule has 1 saturated carbocycles. The van der Waals surface area contributed by atoms with Crippen molar-refractivity contribution in [1.82, 2.24) is 0 Å². The summed E-state index contributed by atoms with van der Waals surface area (Å²) in [5.41, 5.74) is 2.88. The molecule has 3 fully saturated rings. The fourth-order valence-corrected chi connectivity index (χ4v) is 5.90. The van der Waals surface area contributed by atoms with Gasteiger partial charge in [-0.15, -0.1) is 0 Å². The van der Waals surface area contributed by atoms with Crippen LogP contribution in [0.1, 0.15) is 75.8 Å². The summed E-state index contributed by atoms with van der Waals surface area (Å²) in [6.07, 6.45) is 5.41. The molecule has 0 radical (unpaired) electrons. The summed E-state index contributed by atoms with van der Waals surface area (Å²) < 4.78 is 33.7. The van der Waals surface area contributed by atoms with Crippen molar-refractivity contribution < 1.29 is 38.0 Å². The first-order valence-corrected chi connectivity index (χ1v) is 14.4. The van der Waals surface area contributed by atoms with Crippen molar-refractivity contribution in [3.8, 4) is 23.0 Å². The molecule has 2 saturated heterocycles. The third-order valence-corrected chi connectivity index (χ3v) is 8.26. The SMILES string of the molecule is O=C(Oc1ccc(OC(=O)c2ccc(OCCC3CO3)cc2)c2c1C1CCC2C1)c1ccc(OCCC2CO2)cc1. The number of ether oxygens (including phenoxy) is 6. The van der Waals surface area contributed by atoms with Gasteiger partial charge in [-0.1, -0.05) is 0 Å². The maximum absolute atomic E-state index is 13.0. The standard InChI is InChI=1S/C33H32O8/c34-32(20-3-7-24(8-4-20)36-15-13-26-18-38-26)40-28-11-12-29(31-23-2-1-22(17-23)30(28)31)41-33(35)21-5-9-25(10-6-21)37-16-14-27-19-39-27/h3-12,22-23,26-27H,1-2,13-19H2. The van der Waals surface area contributed by atoms with Crippen LogP contribution in [0.25, 0.3) is 0 Å². The van der Waals surface area contributed by atoms with Gasteiger partial charge in [0.2, 0.25) is 0 Å². The summed E-state index contributed by atoms with van der Waals surface area (Å²) in [6, 6.07) is 17.5. The molecule has 8 nitrogen and oxygen atoms in total. The first-order valence-electron chi connectivity index (χ1n) is 14.4. The lowest BCUT2D eigenvalue weighted by Crippen LogP contribution is -2.14. The van der Waals surface area contributed by atoms with Crippen LogP contribution in [0, 0.1) is 0 Å². The Balaban J connectivity index is 1.02. The van der Waals surface area contributed by atoms with Crippen LogP contribution in [0.2, 0.25) is 0 Å². The summed E-state index contributed by atoms with van der Waals surface area (Å²) in [7, 11) is 0. The van der Waals surface area contributed by atoms with Gasteiger partial charge in [0.1, 0.15) is 23.0 Å². The third kappa shape index (κ3) is 5.94. The van der Waals surface area contributed by atoms with E-state index >= 15 is 0 Å². The van der Waals surface area contributed by atoms with Crippen LogP contribution >= 0.6 is 0 Å². The minimum Gasteiger partial charge on any atom is -0.493 e. The highest BCUT2D eigenvalue weighted by molar-refractivity contribution is 5.92. The fraction of sp³-hybridized carbons (Fsp3) is 0.394. The highest BCUT2D eigenvalue weighted by Gasteiger charge is 2.42. The molecule has 0 amide bonds. The lowest BCUT2D eigenvalue weighted by molar-refractivity contribution is 0.0716. The summed E-state index contributed by atoms with van der Waals surface area (Å²) in [5.74, 6) is 2.23. The van der Waals surface area contributed by atoms with Gasteiger partial charge in [0.05, 0.1) is 49.8 Å². The van der Waals surface area contributed by atoms with Gasteiger partial charge in [-0.25, -0.2) is 9.59 Å². The van der Waals surface area contributed by atoms with E-state index in [1.807, 2.05) is 0 Å². The zero-order valence-corrected chi connectivity index (χ0v) is 22.7. The average Bonchev–Trinajstić information content (AvgIpc) is 3.92. The van der Waals surface area contributed by atoms with Crippen LogP contribution in [0.4, 0.5) is 0 Å². The van der Waals surface area contributed by atoms with E-state index in [2.05, 4.69) is 0 Å². The number of hydrogen-bond donors (Lipinski definition) is 0. The van der Waals surface area contributed by atoms with Gasteiger partial charge in [-0.05, 0) is 91.8 Å². The van der Waals surface area contributed by atoms with Gasteiger partial charge in [0.25, 0.3) is 0 Å². The highest BCUT2D eigenvalue weighted by atomic mass is 16.6. The van der Waals surface area contributed by atoms with Crippen molar-refractivity contribution in [3.05, 3.63) is 82.9 Å². The number of epoxide rings is 2. The molecule has 0 N–H and O–H groups in total. The topological polar surface area (TPSA) is 96.1 Å². The molecule has 3 aromatic carbocycles. The maximum Gasteiger partial charge on any atom is 0.343 e. The first-order chi connectivity index (χ1) is 20.1. The second-order valence-electron chi connectivity index (χ2n) is 11.1. The van der Waals surface area contributed by atoms with Crippen LogP contribution in [-0.4, -0.2) is 50.6 Å². The highest BCUT2D eigenvalue weighted by Crippen LogP contribution is 2.58. The Bertz CT molecular complexity index is 1310. The van der Waals surface area contributed by atoms with Gasteiger partial charge >= 0.3 is 11.9 Å². The molecule has 212 valence electrons. The van der Waals surface area contributed by atoms with E-state index in [-0.39, 0.29) is 0 Å². The Morgan fingerprint density at radius 3 is 1.44 bits per heavy atom. The van der Waals surface area contributed by atoms with Gasteiger partial charge < -0.3 is 28.4 Å². The van der Waals surface area contributed by atoms with Crippen molar-refractivity contribution in [2.45, 2.75) is 56.1 Å². The zero-order chi connectivity index (χ0) is 27.8. The van der Waals surface area contributed by atoms with E-state index in [0.29, 0.717) is 71.4 Å². The Kier molecular flexibility index (Phi) is 7.10. The average molecular weight is 557 g/mol. The minimum absolute atomic E-state index is 0.292. The summed E-state index contributed by atoms with van der Waals surface area (Å²) in [4.78, 5) is 26.1. The van der Waals surface area contributed by atoms with Crippen LogP contribution in [-0.2, 0) is 9.47 Å². The predicted octanol–water partition coefficient (Wildman–Crippen LogP) is 5.83. The summed E-state index contributed by atoms with van der Waals surface area (Å²) in [6.45, 7) is 2.78. The van der Waals surface area contributed by atoms with E-state index in [9.17, 15) is 9.59 Å². The number of hydrogen-bond acceptors (Lipinski definition) is 8. The van der Waals surface area contributed by atoms with Crippen LogP contribution in [0.5, 0.6) is 23.0 Å². The Hall–Kier alpha value is -3.88. The predicted molar refractivity (Wildman–Crippen MR) is 148 cm³/mol. The molecular weight excluding hydrogens is 524 g/mol. The molecule has 4 aliphatic rings. The molecule has 3 aromatic rings. The molecule has 7 rings (SSSR count). The molecule has 0 aromatic heterocycles. The van der Waals surface area contributed by atoms with E-state index in [0.717, 1.165) is 56.4 Å². The Morgan fingerprint density at radius 1 is 0.634 bits per heavy atom. The van der Waals surface area contributed by atoms with Crippen LogP contribution < -0.4 is 18.9 Å². The molecule has 2 heterocycles. The molecule has 2 aliphatic carbocycles. The van der Waals surface area contributed by atoms with E-state index in [1.54, 1.807) is 60.7 Å². The van der Waals surface area contributed by atoms with Crippen molar-refractivity contribution in [1.29, 1.82) is 0 Å². The van der Waals surface area contributed by atoms with Crippen LogP contribution in [0.15, 0.2) is 60.7 Å². The monoisotopic (exact) mass is 556 g/mol. The van der Waals surface area contributed by atoms with E-state index in [4.69, 9.17) is 28.4 Å². The first kappa shape index (κ1) is 26.0. The number of carbonyl (C=O) groups is 2. The molecule has 8 heteroatoms. The fourth-order valence-electron chi connectivity index (χ4n) is 5.90. The van der Waals surface area contributed by atoms with E-state index < -0.39 is 11.9 Å². The zero-order valence-electron chi connectivity index (χ0n) is 22.7. The Labute approximate surface area is 238 Å². The number of carbonyl (C=O) groups excluding carboxylic acids is 2.